The fraction of sp³-hybridized carbons (Fsp3) is 0.0909. The molecule has 28 heavy (non-hydrogen) atoms. The number of hydrogen-bond donors (Lipinski definition) is 0. The van der Waals surface area contributed by atoms with Crippen LogP contribution in [0.3, 0.4) is 0 Å². The minimum Gasteiger partial charge on any atom is -0.258 e. The molecule has 0 atom stereocenters. The lowest BCUT2D eigenvalue weighted by Crippen LogP contribution is -1.90. The van der Waals surface area contributed by atoms with E-state index in [9.17, 15) is 15.4 Å². The van der Waals surface area contributed by atoms with Gasteiger partial charge in [-0.25, -0.2) is 4.98 Å². The van der Waals surface area contributed by atoms with Crippen molar-refractivity contribution < 1.29 is 4.92 Å². The highest BCUT2D eigenvalue weighted by Crippen LogP contribution is 2.29. The summed E-state index contributed by atoms with van der Waals surface area (Å²) in [5.74, 6) is 0. The monoisotopic (exact) mass is 387 g/mol. The van der Waals surface area contributed by atoms with Gasteiger partial charge in [0, 0.05) is 17.0 Å². The molecule has 0 saturated carbocycles. The van der Waals surface area contributed by atoms with Crippen LogP contribution in [0.5, 0.6) is 0 Å². The number of aryl methyl sites for hydroxylation is 2. The Hall–Kier alpha value is -3.56. The van der Waals surface area contributed by atoms with Crippen LogP contribution in [-0.4, -0.2) is 9.91 Å². The first-order chi connectivity index (χ1) is 13.5. The molecule has 0 spiro atoms. The van der Waals surface area contributed by atoms with Crippen LogP contribution in [0.2, 0.25) is 0 Å². The highest BCUT2D eigenvalue weighted by molar-refractivity contribution is 7.11. The average molecular weight is 387 g/mol. The van der Waals surface area contributed by atoms with Gasteiger partial charge in [0.25, 0.3) is 5.69 Å². The van der Waals surface area contributed by atoms with E-state index >= 15 is 0 Å². The first kappa shape index (κ1) is 19.2. The topological polar surface area (TPSA) is 79.8 Å². The SMILES string of the molecule is Cc1ccc(-c2csc(/C(C#N)=C/C=C/c3ccccc3[N+](=O)[O-])n2)c(C)c1. The van der Waals surface area contributed by atoms with Crippen LogP contribution in [0, 0.1) is 35.3 Å². The number of allylic oxidation sites excluding steroid dienone is 3. The van der Waals surface area contributed by atoms with Crippen LogP contribution >= 0.6 is 11.3 Å². The third-order valence-corrected chi connectivity index (χ3v) is 5.06. The summed E-state index contributed by atoms with van der Waals surface area (Å²) in [4.78, 5) is 15.3. The molecular formula is C22H17N3O2S. The van der Waals surface area contributed by atoms with E-state index in [4.69, 9.17) is 0 Å². The van der Waals surface area contributed by atoms with Gasteiger partial charge in [0.15, 0.2) is 0 Å². The van der Waals surface area contributed by atoms with Crippen molar-refractivity contribution in [3.63, 3.8) is 0 Å². The summed E-state index contributed by atoms with van der Waals surface area (Å²) < 4.78 is 0. The van der Waals surface area contributed by atoms with Crippen LogP contribution < -0.4 is 0 Å². The number of rotatable bonds is 5. The number of benzene rings is 2. The van der Waals surface area contributed by atoms with Crippen LogP contribution in [0.1, 0.15) is 21.7 Å². The molecule has 0 unspecified atom stereocenters. The van der Waals surface area contributed by atoms with E-state index < -0.39 is 4.92 Å². The lowest BCUT2D eigenvalue weighted by Gasteiger charge is -2.03. The van der Waals surface area contributed by atoms with E-state index in [0.29, 0.717) is 16.1 Å². The first-order valence-corrected chi connectivity index (χ1v) is 9.43. The van der Waals surface area contributed by atoms with E-state index in [1.54, 1.807) is 36.4 Å². The predicted octanol–water partition coefficient (Wildman–Crippen LogP) is 5.96. The standard InChI is InChI=1S/C22H17N3O2S/c1-15-10-11-19(16(2)12-15)20-14-28-22(24-20)18(13-23)8-5-7-17-6-3-4-9-21(17)25(26)27/h3-12,14H,1-2H3/b7-5+,18-8+. The number of nitro groups is 1. The van der Waals surface area contributed by atoms with Gasteiger partial charge in [-0.15, -0.1) is 11.3 Å². The Morgan fingerprint density at radius 1 is 1.25 bits per heavy atom. The molecular weight excluding hydrogens is 370 g/mol. The Morgan fingerprint density at radius 2 is 2.04 bits per heavy atom. The van der Waals surface area contributed by atoms with Gasteiger partial charge in [0.05, 0.1) is 21.8 Å². The molecule has 0 amide bonds. The van der Waals surface area contributed by atoms with Crippen molar-refractivity contribution >= 4 is 28.7 Å². The molecule has 2 aromatic carbocycles. The molecule has 3 aromatic rings. The number of para-hydroxylation sites is 1. The quantitative estimate of drug-likeness (QED) is 0.234. The lowest BCUT2D eigenvalue weighted by molar-refractivity contribution is -0.385. The fourth-order valence-electron chi connectivity index (χ4n) is 2.82. The summed E-state index contributed by atoms with van der Waals surface area (Å²) in [6.45, 7) is 4.08. The molecule has 0 N–H and O–H groups in total. The average Bonchev–Trinajstić information content (AvgIpc) is 3.15. The van der Waals surface area contributed by atoms with Gasteiger partial charge in [-0.1, -0.05) is 42.0 Å². The summed E-state index contributed by atoms with van der Waals surface area (Å²) in [6, 6.07) is 14.8. The smallest absolute Gasteiger partial charge is 0.258 e. The molecule has 138 valence electrons. The Bertz CT molecular complexity index is 1140. The molecule has 1 aromatic heterocycles. The van der Waals surface area contributed by atoms with E-state index in [2.05, 4.69) is 17.1 Å². The molecule has 3 rings (SSSR count). The van der Waals surface area contributed by atoms with Crippen LogP contribution in [-0.2, 0) is 0 Å². The van der Waals surface area contributed by atoms with Crippen molar-refractivity contribution in [2.45, 2.75) is 13.8 Å². The minimum atomic E-state index is -0.425. The largest absolute Gasteiger partial charge is 0.276 e. The molecule has 0 fully saturated rings. The van der Waals surface area contributed by atoms with Crippen molar-refractivity contribution in [3.8, 4) is 17.3 Å². The summed E-state index contributed by atoms with van der Waals surface area (Å²) in [5.41, 5.74) is 5.12. The maximum Gasteiger partial charge on any atom is 0.276 e. The summed E-state index contributed by atoms with van der Waals surface area (Å²) >= 11 is 1.40. The number of nitrogens with zero attached hydrogens (tertiary/aromatic N) is 3. The molecule has 5 nitrogen and oxygen atoms in total. The van der Waals surface area contributed by atoms with Crippen LogP contribution in [0.25, 0.3) is 22.9 Å². The molecule has 0 bridgehead atoms. The van der Waals surface area contributed by atoms with Crippen LogP contribution in [0.15, 0.2) is 60.0 Å². The van der Waals surface area contributed by atoms with Gasteiger partial charge in [0.1, 0.15) is 11.1 Å². The van der Waals surface area contributed by atoms with Crippen LogP contribution in [0.4, 0.5) is 5.69 Å². The number of thiazole rings is 1. The maximum absolute atomic E-state index is 11.1. The van der Waals surface area contributed by atoms with Crippen molar-refractivity contribution in [1.82, 2.24) is 4.98 Å². The van der Waals surface area contributed by atoms with Crippen molar-refractivity contribution in [3.05, 3.63) is 91.8 Å². The van der Waals surface area contributed by atoms with Crippen molar-refractivity contribution in [1.29, 1.82) is 5.26 Å². The number of nitro benzene ring substituents is 1. The van der Waals surface area contributed by atoms with Crippen molar-refractivity contribution in [2.24, 2.45) is 0 Å². The Kier molecular flexibility index (Phi) is 5.78. The number of hydrogen-bond acceptors (Lipinski definition) is 5. The van der Waals surface area contributed by atoms with E-state index in [1.807, 2.05) is 31.4 Å². The molecule has 0 radical (unpaired) electrons. The summed E-state index contributed by atoms with van der Waals surface area (Å²) in [7, 11) is 0. The highest BCUT2D eigenvalue weighted by Gasteiger charge is 2.11. The number of aromatic nitrogens is 1. The third-order valence-electron chi connectivity index (χ3n) is 4.19. The zero-order valence-electron chi connectivity index (χ0n) is 15.4. The second-order valence-electron chi connectivity index (χ2n) is 6.22. The predicted molar refractivity (Wildman–Crippen MR) is 113 cm³/mol. The molecule has 6 heteroatoms. The second kappa shape index (κ2) is 8.42. The van der Waals surface area contributed by atoms with E-state index in [0.717, 1.165) is 16.8 Å². The maximum atomic E-state index is 11.1. The van der Waals surface area contributed by atoms with Crippen molar-refractivity contribution in [2.75, 3.05) is 0 Å². The molecule has 0 aliphatic heterocycles. The normalized spacial score (nSPS) is 11.5. The van der Waals surface area contributed by atoms with Gasteiger partial charge in [0.2, 0.25) is 0 Å². The Morgan fingerprint density at radius 3 is 2.75 bits per heavy atom. The van der Waals surface area contributed by atoms with Gasteiger partial charge >= 0.3 is 0 Å². The van der Waals surface area contributed by atoms with E-state index in [1.165, 1.54) is 23.0 Å². The van der Waals surface area contributed by atoms with Gasteiger partial charge < -0.3 is 0 Å². The fourth-order valence-corrected chi connectivity index (χ4v) is 3.62. The zero-order chi connectivity index (χ0) is 20.1. The molecule has 0 saturated heterocycles. The zero-order valence-corrected chi connectivity index (χ0v) is 16.2. The molecule has 1 heterocycles. The second-order valence-corrected chi connectivity index (χ2v) is 7.08. The summed E-state index contributed by atoms with van der Waals surface area (Å²) in [6.07, 6.45) is 4.88. The van der Waals surface area contributed by atoms with E-state index in [-0.39, 0.29) is 5.69 Å². The Balaban J connectivity index is 1.88. The van der Waals surface area contributed by atoms with Gasteiger partial charge in [-0.2, -0.15) is 5.26 Å². The van der Waals surface area contributed by atoms with Gasteiger partial charge in [-0.05, 0) is 37.6 Å². The first-order valence-electron chi connectivity index (χ1n) is 8.55. The third kappa shape index (κ3) is 4.22. The Labute approximate surface area is 167 Å². The molecule has 0 aliphatic carbocycles. The van der Waals surface area contributed by atoms with Gasteiger partial charge in [-0.3, -0.25) is 10.1 Å². The number of nitriles is 1. The molecule has 0 aliphatic rings. The highest BCUT2D eigenvalue weighted by atomic mass is 32.1. The summed E-state index contributed by atoms with van der Waals surface area (Å²) in [5, 5.41) is 23.1. The minimum absolute atomic E-state index is 0.0250. The lowest BCUT2D eigenvalue weighted by atomic mass is 10.0.